The van der Waals surface area contributed by atoms with Crippen LogP contribution in [0.4, 0.5) is 0 Å². The van der Waals surface area contributed by atoms with E-state index in [1.165, 1.54) is 12.3 Å². The van der Waals surface area contributed by atoms with Crippen LogP contribution < -0.4 is 4.72 Å². The summed E-state index contributed by atoms with van der Waals surface area (Å²) < 4.78 is 31.6. The van der Waals surface area contributed by atoms with Crippen molar-refractivity contribution in [1.82, 2.24) is 9.88 Å². The zero-order chi connectivity index (χ0) is 16.7. The van der Waals surface area contributed by atoms with E-state index in [9.17, 15) is 13.2 Å². The van der Waals surface area contributed by atoms with Gasteiger partial charge in [0, 0.05) is 18.5 Å². The Hall–Kier alpha value is -2.19. The molecular formula is C15H18N2O5S. The first-order valence-electron chi connectivity index (χ1n) is 7.09. The summed E-state index contributed by atoms with van der Waals surface area (Å²) in [6.07, 6.45) is 1.83. The summed E-state index contributed by atoms with van der Waals surface area (Å²) in [5, 5.41) is 12.4. The van der Waals surface area contributed by atoms with Crippen molar-refractivity contribution in [3.8, 4) is 0 Å². The Labute approximate surface area is 134 Å². The van der Waals surface area contributed by atoms with Crippen molar-refractivity contribution in [1.29, 1.82) is 0 Å². The van der Waals surface area contributed by atoms with Crippen molar-refractivity contribution in [2.24, 2.45) is 0 Å². The van der Waals surface area contributed by atoms with Gasteiger partial charge < -0.3 is 9.63 Å². The van der Waals surface area contributed by atoms with Gasteiger partial charge in [-0.15, -0.1) is 0 Å². The normalized spacial score (nSPS) is 12.9. The number of rotatable bonds is 9. The van der Waals surface area contributed by atoms with Crippen molar-refractivity contribution in [2.75, 3.05) is 0 Å². The van der Waals surface area contributed by atoms with Crippen LogP contribution in [0.25, 0.3) is 0 Å². The molecule has 0 saturated carbocycles. The maximum Gasteiger partial charge on any atom is 0.303 e. The van der Waals surface area contributed by atoms with Crippen LogP contribution in [0.1, 0.15) is 24.1 Å². The highest BCUT2D eigenvalue weighted by atomic mass is 32.2. The predicted molar refractivity (Wildman–Crippen MR) is 83.1 cm³/mol. The molecule has 1 unspecified atom stereocenters. The summed E-state index contributed by atoms with van der Waals surface area (Å²) in [6.45, 7) is 0. The topological polar surface area (TPSA) is 110 Å². The molecule has 23 heavy (non-hydrogen) atoms. The van der Waals surface area contributed by atoms with Crippen LogP contribution in [-0.2, 0) is 27.0 Å². The van der Waals surface area contributed by atoms with Gasteiger partial charge in [0.2, 0.25) is 10.0 Å². The number of benzene rings is 1. The third kappa shape index (κ3) is 6.21. The van der Waals surface area contributed by atoms with E-state index in [0.717, 1.165) is 5.56 Å². The number of hydrogen-bond acceptors (Lipinski definition) is 5. The lowest BCUT2D eigenvalue weighted by Gasteiger charge is -2.18. The lowest BCUT2D eigenvalue weighted by atomic mass is 10.0. The molecule has 124 valence electrons. The van der Waals surface area contributed by atoms with E-state index in [4.69, 9.17) is 5.11 Å². The Morgan fingerprint density at radius 3 is 2.61 bits per heavy atom. The van der Waals surface area contributed by atoms with Gasteiger partial charge in [0.25, 0.3) is 0 Å². The minimum absolute atomic E-state index is 0.107. The fourth-order valence-electron chi connectivity index (χ4n) is 2.20. The zero-order valence-electron chi connectivity index (χ0n) is 12.4. The predicted octanol–water partition coefficient (Wildman–Crippen LogP) is 1.57. The molecule has 1 atom stereocenters. The van der Waals surface area contributed by atoms with Gasteiger partial charge >= 0.3 is 5.97 Å². The van der Waals surface area contributed by atoms with Gasteiger partial charge in [-0.3, -0.25) is 4.79 Å². The summed E-state index contributed by atoms with van der Waals surface area (Å²) >= 11 is 0. The van der Waals surface area contributed by atoms with Gasteiger partial charge in [0.1, 0.15) is 12.0 Å². The second-order valence-electron chi connectivity index (χ2n) is 5.19. The quantitative estimate of drug-likeness (QED) is 0.718. The van der Waals surface area contributed by atoms with Gasteiger partial charge in [0.15, 0.2) is 0 Å². The van der Waals surface area contributed by atoms with Gasteiger partial charge in [-0.25, -0.2) is 13.1 Å². The fraction of sp³-hybridized carbons (Fsp3) is 0.333. The minimum Gasteiger partial charge on any atom is -0.481 e. The number of hydrogen-bond donors (Lipinski definition) is 2. The van der Waals surface area contributed by atoms with E-state index in [1.807, 2.05) is 30.3 Å². The molecule has 1 aromatic heterocycles. The molecule has 2 rings (SSSR count). The van der Waals surface area contributed by atoms with E-state index in [2.05, 4.69) is 14.4 Å². The number of aromatic nitrogens is 1. The van der Waals surface area contributed by atoms with Crippen molar-refractivity contribution >= 4 is 16.0 Å². The maximum absolute atomic E-state index is 12.2. The molecule has 0 bridgehead atoms. The summed E-state index contributed by atoms with van der Waals surface area (Å²) in [6, 6.07) is 10.3. The highest BCUT2D eigenvalue weighted by molar-refractivity contribution is 7.88. The molecule has 0 aliphatic rings. The van der Waals surface area contributed by atoms with E-state index < -0.39 is 22.0 Å². The first-order chi connectivity index (χ1) is 10.9. The Morgan fingerprint density at radius 2 is 2.00 bits per heavy atom. The molecule has 2 aromatic rings. The van der Waals surface area contributed by atoms with Gasteiger partial charge in [0.05, 0.1) is 5.69 Å². The number of carboxylic acid groups (broad SMARTS) is 1. The molecule has 0 aliphatic carbocycles. The molecule has 0 fully saturated rings. The number of carbonyl (C=O) groups is 1. The zero-order valence-corrected chi connectivity index (χ0v) is 13.2. The smallest absolute Gasteiger partial charge is 0.303 e. The average molecular weight is 338 g/mol. The maximum atomic E-state index is 12.2. The van der Waals surface area contributed by atoms with Crippen LogP contribution in [0.3, 0.4) is 0 Å². The molecule has 7 nitrogen and oxygen atoms in total. The highest BCUT2D eigenvalue weighted by Crippen LogP contribution is 2.11. The standard InChI is InChI=1S/C15H18N2O5S/c18-15(19)7-6-13(10-12-4-2-1-3-5-12)17-23(20,21)11-14-8-9-22-16-14/h1-5,8-9,13,17H,6-7,10-11H2,(H,18,19). The SMILES string of the molecule is O=C(O)CCC(Cc1ccccc1)NS(=O)(=O)Cc1ccon1. The van der Waals surface area contributed by atoms with Crippen molar-refractivity contribution in [2.45, 2.75) is 31.1 Å². The van der Waals surface area contributed by atoms with Crippen molar-refractivity contribution in [3.05, 3.63) is 53.9 Å². The first kappa shape index (κ1) is 17.2. The van der Waals surface area contributed by atoms with E-state index in [-0.39, 0.29) is 18.6 Å². The largest absolute Gasteiger partial charge is 0.481 e. The van der Waals surface area contributed by atoms with Gasteiger partial charge in [-0.1, -0.05) is 35.5 Å². The minimum atomic E-state index is -3.64. The summed E-state index contributed by atoms with van der Waals surface area (Å²) in [5.74, 6) is -1.26. The number of carboxylic acids is 1. The third-order valence-electron chi connectivity index (χ3n) is 3.21. The van der Waals surface area contributed by atoms with Crippen molar-refractivity contribution < 1.29 is 22.8 Å². The lowest BCUT2D eigenvalue weighted by Crippen LogP contribution is -2.37. The Balaban J connectivity index is 2.05. The van der Waals surface area contributed by atoms with Gasteiger partial charge in [-0.05, 0) is 18.4 Å². The molecule has 0 aliphatic heterocycles. The molecular weight excluding hydrogens is 320 g/mol. The Morgan fingerprint density at radius 1 is 1.26 bits per heavy atom. The molecule has 1 aromatic carbocycles. The molecule has 0 amide bonds. The van der Waals surface area contributed by atoms with Crippen LogP contribution in [0.15, 0.2) is 47.2 Å². The number of nitrogens with zero attached hydrogens (tertiary/aromatic N) is 1. The van der Waals surface area contributed by atoms with Crippen LogP contribution >= 0.6 is 0 Å². The van der Waals surface area contributed by atoms with Crippen LogP contribution in [0.2, 0.25) is 0 Å². The molecule has 1 heterocycles. The molecule has 8 heteroatoms. The van der Waals surface area contributed by atoms with E-state index in [0.29, 0.717) is 12.1 Å². The molecule has 2 N–H and O–H groups in total. The van der Waals surface area contributed by atoms with E-state index >= 15 is 0 Å². The molecule has 0 saturated heterocycles. The summed E-state index contributed by atoms with van der Waals surface area (Å²) in [5.41, 5.74) is 1.24. The summed E-state index contributed by atoms with van der Waals surface area (Å²) in [4.78, 5) is 10.8. The highest BCUT2D eigenvalue weighted by Gasteiger charge is 2.20. The summed E-state index contributed by atoms with van der Waals surface area (Å²) in [7, 11) is -3.64. The number of nitrogens with one attached hydrogen (secondary N) is 1. The number of aliphatic carboxylic acids is 1. The van der Waals surface area contributed by atoms with E-state index in [1.54, 1.807) is 0 Å². The lowest BCUT2D eigenvalue weighted by molar-refractivity contribution is -0.137. The monoisotopic (exact) mass is 338 g/mol. The number of sulfonamides is 1. The van der Waals surface area contributed by atoms with Crippen LogP contribution in [-0.4, -0.2) is 30.7 Å². The first-order valence-corrected chi connectivity index (χ1v) is 8.75. The Bertz CT molecular complexity index is 714. The fourth-order valence-corrected chi connectivity index (χ4v) is 3.53. The average Bonchev–Trinajstić information content (AvgIpc) is 2.97. The second kappa shape index (κ2) is 7.89. The van der Waals surface area contributed by atoms with Crippen LogP contribution in [0, 0.1) is 0 Å². The molecule has 0 radical (unpaired) electrons. The Kier molecular flexibility index (Phi) is 5.89. The molecule has 0 spiro atoms. The third-order valence-corrected chi connectivity index (χ3v) is 4.58. The second-order valence-corrected chi connectivity index (χ2v) is 6.94. The van der Waals surface area contributed by atoms with Gasteiger partial charge in [-0.2, -0.15) is 0 Å². The van der Waals surface area contributed by atoms with Crippen LogP contribution in [0.5, 0.6) is 0 Å². The van der Waals surface area contributed by atoms with Crippen molar-refractivity contribution in [3.63, 3.8) is 0 Å².